The van der Waals surface area contributed by atoms with Gasteiger partial charge < -0.3 is 9.64 Å². The number of methoxy groups -OCH3 is 1. The van der Waals surface area contributed by atoms with Gasteiger partial charge in [0.15, 0.2) is 5.78 Å². The summed E-state index contributed by atoms with van der Waals surface area (Å²) >= 11 is 0. The van der Waals surface area contributed by atoms with Crippen molar-refractivity contribution in [3.05, 3.63) is 53.7 Å². The fourth-order valence-electron chi connectivity index (χ4n) is 2.14. The first-order valence-corrected chi connectivity index (χ1v) is 6.42. The molecule has 20 heavy (non-hydrogen) atoms. The monoisotopic (exact) mass is 270 g/mol. The molecular weight excluding hydrogens is 252 g/mol. The van der Waals surface area contributed by atoms with Gasteiger partial charge in [-0.2, -0.15) is 0 Å². The highest BCUT2D eigenvalue weighted by Crippen LogP contribution is 2.23. The Bertz CT molecular complexity index is 611. The number of pyridine rings is 1. The van der Waals surface area contributed by atoms with Crippen molar-refractivity contribution in [2.75, 3.05) is 19.1 Å². The summed E-state index contributed by atoms with van der Waals surface area (Å²) in [5.74, 6) is 1.53. The molecule has 0 saturated carbocycles. The standard InChI is InChI=1S/C16H18N2O2/c1-12(19)14-8-6-10-17-16(14)18(2)11-13-7-4-5-9-15(13)20-3/h4-10H,11H2,1-3H3. The molecule has 1 aromatic heterocycles. The highest BCUT2D eigenvalue weighted by molar-refractivity contribution is 5.98. The van der Waals surface area contributed by atoms with Crippen LogP contribution in [0.15, 0.2) is 42.6 Å². The number of carbonyl (C=O) groups excluding carboxylic acids is 1. The third kappa shape index (κ3) is 2.96. The molecule has 0 bridgehead atoms. The Balaban J connectivity index is 2.29. The van der Waals surface area contributed by atoms with Gasteiger partial charge in [-0.3, -0.25) is 4.79 Å². The van der Waals surface area contributed by atoms with E-state index >= 15 is 0 Å². The van der Waals surface area contributed by atoms with Crippen molar-refractivity contribution in [1.29, 1.82) is 0 Å². The fourth-order valence-corrected chi connectivity index (χ4v) is 2.14. The smallest absolute Gasteiger partial charge is 0.163 e. The third-order valence-electron chi connectivity index (χ3n) is 3.13. The van der Waals surface area contributed by atoms with Crippen molar-refractivity contribution in [2.45, 2.75) is 13.5 Å². The lowest BCUT2D eigenvalue weighted by atomic mass is 10.1. The predicted molar refractivity (Wildman–Crippen MR) is 79.3 cm³/mol. The van der Waals surface area contributed by atoms with Gasteiger partial charge in [0, 0.05) is 25.4 Å². The molecule has 0 aliphatic carbocycles. The molecule has 1 heterocycles. The van der Waals surface area contributed by atoms with Crippen LogP contribution in [0.25, 0.3) is 0 Å². The zero-order valence-electron chi connectivity index (χ0n) is 12.0. The van der Waals surface area contributed by atoms with Crippen LogP contribution < -0.4 is 9.64 Å². The molecule has 0 fully saturated rings. The molecule has 0 N–H and O–H groups in total. The topological polar surface area (TPSA) is 42.4 Å². The molecule has 0 aliphatic heterocycles. The second-order valence-electron chi connectivity index (χ2n) is 4.60. The van der Waals surface area contributed by atoms with E-state index in [9.17, 15) is 4.79 Å². The lowest BCUT2D eigenvalue weighted by Crippen LogP contribution is -2.20. The fraction of sp³-hybridized carbons (Fsp3) is 0.250. The highest BCUT2D eigenvalue weighted by atomic mass is 16.5. The number of rotatable bonds is 5. The van der Waals surface area contributed by atoms with Crippen LogP contribution in [0.1, 0.15) is 22.8 Å². The number of para-hydroxylation sites is 1. The summed E-state index contributed by atoms with van der Waals surface area (Å²) in [5, 5.41) is 0. The quantitative estimate of drug-likeness (QED) is 0.783. The minimum Gasteiger partial charge on any atom is -0.496 e. The Morgan fingerprint density at radius 1 is 1.25 bits per heavy atom. The summed E-state index contributed by atoms with van der Waals surface area (Å²) in [4.78, 5) is 17.9. The Kier molecular flexibility index (Phi) is 4.35. The number of carbonyl (C=O) groups is 1. The minimum atomic E-state index is 0.0139. The molecule has 2 rings (SSSR count). The van der Waals surface area contributed by atoms with Gasteiger partial charge in [-0.25, -0.2) is 4.98 Å². The Labute approximate surface area is 119 Å². The maximum Gasteiger partial charge on any atom is 0.163 e. The number of hydrogen-bond acceptors (Lipinski definition) is 4. The van der Waals surface area contributed by atoms with Gasteiger partial charge in [0.2, 0.25) is 0 Å². The van der Waals surface area contributed by atoms with Crippen molar-refractivity contribution < 1.29 is 9.53 Å². The van der Waals surface area contributed by atoms with Crippen LogP contribution in [0.3, 0.4) is 0 Å². The van der Waals surface area contributed by atoms with Gasteiger partial charge in [-0.05, 0) is 25.1 Å². The summed E-state index contributed by atoms with van der Waals surface area (Å²) in [5.41, 5.74) is 1.68. The summed E-state index contributed by atoms with van der Waals surface area (Å²) in [6, 6.07) is 11.4. The van der Waals surface area contributed by atoms with Crippen LogP contribution in [0, 0.1) is 0 Å². The van der Waals surface area contributed by atoms with E-state index in [1.165, 1.54) is 0 Å². The zero-order chi connectivity index (χ0) is 14.5. The van der Waals surface area contributed by atoms with Crippen LogP contribution >= 0.6 is 0 Å². The van der Waals surface area contributed by atoms with Gasteiger partial charge in [-0.15, -0.1) is 0 Å². The number of hydrogen-bond donors (Lipinski definition) is 0. The van der Waals surface area contributed by atoms with Crippen LogP contribution in [0.4, 0.5) is 5.82 Å². The summed E-state index contributed by atoms with van der Waals surface area (Å²) in [6.45, 7) is 2.18. The Morgan fingerprint density at radius 2 is 2.00 bits per heavy atom. The van der Waals surface area contributed by atoms with Gasteiger partial charge in [-0.1, -0.05) is 18.2 Å². The summed E-state index contributed by atoms with van der Waals surface area (Å²) < 4.78 is 5.35. The molecule has 104 valence electrons. The maximum atomic E-state index is 11.7. The van der Waals surface area contributed by atoms with E-state index in [2.05, 4.69) is 4.98 Å². The molecule has 1 aromatic carbocycles. The van der Waals surface area contributed by atoms with Gasteiger partial charge in [0.05, 0.1) is 12.7 Å². The average Bonchev–Trinajstić information content (AvgIpc) is 2.47. The molecule has 0 amide bonds. The van der Waals surface area contributed by atoms with Crippen LogP contribution in [-0.4, -0.2) is 24.9 Å². The molecule has 4 heteroatoms. The van der Waals surface area contributed by atoms with Crippen LogP contribution in [-0.2, 0) is 6.54 Å². The second kappa shape index (κ2) is 6.19. The predicted octanol–water partition coefficient (Wildman–Crippen LogP) is 2.93. The molecule has 0 aliphatic rings. The largest absolute Gasteiger partial charge is 0.496 e. The lowest BCUT2D eigenvalue weighted by molar-refractivity contribution is 0.101. The summed E-state index contributed by atoms with van der Waals surface area (Å²) in [6.07, 6.45) is 1.69. The first-order chi connectivity index (χ1) is 9.63. The molecule has 0 unspecified atom stereocenters. The van der Waals surface area contributed by atoms with Gasteiger partial charge in [0.25, 0.3) is 0 Å². The number of nitrogens with zero attached hydrogens (tertiary/aromatic N) is 2. The van der Waals surface area contributed by atoms with Gasteiger partial charge >= 0.3 is 0 Å². The number of ether oxygens (including phenoxy) is 1. The van der Waals surface area contributed by atoms with E-state index in [0.717, 1.165) is 11.3 Å². The number of aromatic nitrogens is 1. The molecule has 4 nitrogen and oxygen atoms in total. The van der Waals surface area contributed by atoms with Crippen molar-refractivity contribution in [2.24, 2.45) is 0 Å². The van der Waals surface area contributed by atoms with Crippen molar-refractivity contribution >= 4 is 11.6 Å². The first kappa shape index (κ1) is 14.1. The van der Waals surface area contributed by atoms with E-state index in [-0.39, 0.29) is 5.78 Å². The van der Waals surface area contributed by atoms with E-state index in [1.807, 2.05) is 36.2 Å². The second-order valence-corrected chi connectivity index (χ2v) is 4.60. The first-order valence-electron chi connectivity index (χ1n) is 6.42. The highest BCUT2D eigenvalue weighted by Gasteiger charge is 2.13. The maximum absolute atomic E-state index is 11.7. The summed E-state index contributed by atoms with van der Waals surface area (Å²) in [7, 11) is 3.57. The van der Waals surface area contributed by atoms with E-state index < -0.39 is 0 Å². The van der Waals surface area contributed by atoms with E-state index in [1.54, 1.807) is 32.4 Å². The molecule has 0 spiro atoms. The molecular formula is C16H18N2O2. The van der Waals surface area contributed by atoms with E-state index in [4.69, 9.17) is 4.74 Å². The average molecular weight is 270 g/mol. The number of anilines is 1. The normalized spacial score (nSPS) is 10.2. The zero-order valence-corrected chi connectivity index (χ0v) is 12.0. The van der Waals surface area contributed by atoms with Gasteiger partial charge in [0.1, 0.15) is 11.6 Å². The number of ketones is 1. The van der Waals surface area contributed by atoms with Crippen LogP contribution in [0.2, 0.25) is 0 Å². The SMILES string of the molecule is COc1ccccc1CN(C)c1ncccc1C(C)=O. The minimum absolute atomic E-state index is 0.0139. The number of Topliss-reactive ketones (excluding diaryl/α,β-unsaturated/α-hetero) is 1. The molecule has 0 saturated heterocycles. The number of benzene rings is 1. The lowest BCUT2D eigenvalue weighted by Gasteiger charge is -2.21. The van der Waals surface area contributed by atoms with Crippen molar-refractivity contribution in [3.8, 4) is 5.75 Å². The Hall–Kier alpha value is -2.36. The van der Waals surface area contributed by atoms with Crippen LogP contribution in [0.5, 0.6) is 5.75 Å². The molecule has 2 aromatic rings. The molecule has 0 atom stereocenters. The molecule has 0 radical (unpaired) electrons. The Morgan fingerprint density at radius 3 is 2.70 bits per heavy atom. The van der Waals surface area contributed by atoms with E-state index in [0.29, 0.717) is 17.9 Å². The van der Waals surface area contributed by atoms with Crippen molar-refractivity contribution in [1.82, 2.24) is 4.98 Å². The van der Waals surface area contributed by atoms with Crippen molar-refractivity contribution in [3.63, 3.8) is 0 Å². The third-order valence-corrected chi connectivity index (χ3v) is 3.13.